The van der Waals surface area contributed by atoms with E-state index >= 15 is 0 Å². The molecular formula is C11H14N4OS. The highest BCUT2D eigenvalue weighted by Gasteiger charge is 2.21. The largest absolute Gasteiger partial charge is 0.375 e. The summed E-state index contributed by atoms with van der Waals surface area (Å²) in [6, 6.07) is 2.06. The quantitative estimate of drug-likeness (QED) is 0.867. The van der Waals surface area contributed by atoms with Crippen molar-refractivity contribution in [3.8, 4) is 11.3 Å². The SMILES string of the molecule is NCC1COCc2c(-c3ccsc3)nnn2C1. The van der Waals surface area contributed by atoms with Crippen molar-refractivity contribution in [2.75, 3.05) is 13.2 Å². The molecule has 0 radical (unpaired) electrons. The molecule has 2 aromatic rings. The molecule has 17 heavy (non-hydrogen) atoms. The number of nitrogens with two attached hydrogens (primary N) is 1. The second-order valence-corrected chi connectivity index (χ2v) is 4.98. The Morgan fingerprint density at radius 2 is 2.53 bits per heavy atom. The molecule has 0 saturated carbocycles. The van der Waals surface area contributed by atoms with Crippen molar-refractivity contribution in [1.29, 1.82) is 0 Å². The van der Waals surface area contributed by atoms with Gasteiger partial charge in [0.1, 0.15) is 5.69 Å². The first-order chi connectivity index (χ1) is 8.38. The van der Waals surface area contributed by atoms with Crippen molar-refractivity contribution in [1.82, 2.24) is 15.0 Å². The first-order valence-corrected chi connectivity index (χ1v) is 6.55. The predicted molar refractivity (Wildman–Crippen MR) is 65.5 cm³/mol. The van der Waals surface area contributed by atoms with Crippen molar-refractivity contribution in [3.63, 3.8) is 0 Å². The van der Waals surface area contributed by atoms with Gasteiger partial charge in [-0.3, -0.25) is 0 Å². The average Bonchev–Trinajstić information content (AvgIpc) is 2.94. The summed E-state index contributed by atoms with van der Waals surface area (Å²) < 4.78 is 7.57. The summed E-state index contributed by atoms with van der Waals surface area (Å²) >= 11 is 1.66. The molecule has 1 aliphatic rings. The van der Waals surface area contributed by atoms with Crippen LogP contribution >= 0.6 is 11.3 Å². The highest BCUT2D eigenvalue weighted by atomic mass is 32.1. The molecule has 3 heterocycles. The maximum absolute atomic E-state index is 5.69. The van der Waals surface area contributed by atoms with Crippen molar-refractivity contribution in [2.45, 2.75) is 13.2 Å². The van der Waals surface area contributed by atoms with Gasteiger partial charge in [-0.2, -0.15) is 11.3 Å². The van der Waals surface area contributed by atoms with Gasteiger partial charge in [0.15, 0.2) is 0 Å². The van der Waals surface area contributed by atoms with Crippen LogP contribution < -0.4 is 5.73 Å². The van der Waals surface area contributed by atoms with Crippen LogP contribution in [0.25, 0.3) is 11.3 Å². The zero-order valence-corrected chi connectivity index (χ0v) is 10.2. The van der Waals surface area contributed by atoms with Gasteiger partial charge in [-0.1, -0.05) is 5.21 Å². The number of hydrogen-bond acceptors (Lipinski definition) is 5. The molecule has 3 rings (SSSR count). The van der Waals surface area contributed by atoms with E-state index in [1.165, 1.54) is 0 Å². The maximum atomic E-state index is 5.69. The lowest BCUT2D eigenvalue weighted by molar-refractivity contribution is 0.0970. The van der Waals surface area contributed by atoms with Crippen molar-refractivity contribution in [3.05, 3.63) is 22.5 Å². The zero-order chi connectivity index (χ0) is 11.7. The Balaban J connectivity index is 1.97. The Kier molecular flexibility index (Phi) is 2.92. The molecule has 2 aromatic heterocycles. The Morgan fingerprint density at radius 3 is 3.29 bits per heavy atom. The molecule has 0 amide bonds. The fraction of sp³-hybridized carbons (Fsp3) is 0.455. The first-order valence-electron chi connectivity index (χ1n) is 5.61. The second-order valence-electron chi connectivity index (χ2n) is 4.20. The first kappa shape index (κ1) is 10.9. The Bertz CT molecular complexity index is 494. The Labute approximate surface area is 103 Å². The summed E-state index contributed by atoms with van der Waals surface area (Å²) in [6.07, 6.45) is 0. The van der Waals surface area contributed by atoms with Gasteiger partial charge >= 0.3 is 0 Å². The van der Waals surface area contributed by atoms with Crippen LogP contribution in [0.5, 0.6) is 0 Å². The van der Waals surface area contributed by atoms with E-state index in [1.54, 1.807) is 11.3 Å². The summed E-state index contributed by atoms with van der Waals surface area (Å²) in [6.45, 7) is 2.67. The van der Waals surface area contributed by atoms with Gasteiger partial charge in [-0.25, -0.2) is 4.68 Å². The van der Waals surface area contributed by atoms with E-state index in [4.69, 9.17) is 10.5 Å². The van der Waals surface area contributed by atoms with Crippen LogP contribution in [0.2, 0.25) is 0 Å². The molecular weight excluding hydrogens is 236 g/mol. The van der Waals surface area contributed by atoms with Gasteiger partial charge in [0.25, 0.3) is 0 Å². The van der Waals surface area contributed by atoms with Gasteiger partial charge in [-0.15, -0.1) is 5.10 Å². The van der Waals surface area contributed by atoms with E-state index in [9.17, 15) is 0 Å². The lowest BCUT2D eigenvalue weighted by atomic mass is 10.1. The topological polar surface area (TPSA) is 66.0 Å². The third-order valence-corrected chi connectivity index (χ3v) is 3.67. The molecule has 5 nitrogen and oxygen atoms in total. The minimum absolute atomic E-state index is 0.327. The van der Waals surface area contributed by atoms with Crippen LogP contribution in [0.15, 0.2) is 16.8 Å². The molecule has 0 spiro atoms. The number of nitrogens with zero attached hydrogens (tertiary/aromatic N) is 3. The Morgan fingerprint density at radius 1 is 1.59 bits per heavy atom. The maximum Gasteiger partial charge on any atom is 0.119 e. The van der Waals surface area contributed by atoms with Gasteiger partial charge in [0.05, 0.1) is 18.9 Å². The summed E-state index contributed by atoms with van der Waals surface area (Å²) in [5.41, 5.74) is 8.80. The van der Waals surface area contributed by atoms with E-state index in [0.717, 1.165) is 23.5 Å². The van der Waals surface area contributed by atoms with E-state index in [2.05, 4.69) is 21.8 Å². The molecule has 90 valence electrons. The van der Waals surface area contributed by atoms with E-state index in [1.807, 2.05) is 10.1 Å². The van der Waals surface area contributed by atoms with E-state index < -0.39 is 0 Å². The van der Waals surface area contributed by atoms with Crippen LogP contribution in [0.1, 0.15) is 5.69 Å². The third kappa shape index (κ3) is 1.99. The molecule has 0 bridgehead atoms. The summed E-state index contributed by atoms with van der Waals surface area (Å²) in [5, 5.41) is 12.6. The van der Waals surface area contributed by atoms with Gasteiger partial charge in [0, 0.05) is 23.4 Å². The number of rotatable bonds is 2. The Hall–Kier alpha value is -1.24. The lowest BCUT2D eigenvalue weighted by Gasteiger charge is -2.09. The normalized spacial score (nSPS) is 19.9. The number of ether oxygens (including phenoxy) is 1. The molecule has 2 N–H and O–H groups in total. The van der Waals surface area contributed by atoms with Crippen LogP contribution in [0, 0.1) is 5.92 Å². The molecule has 6 heteroatoms. The minimum Gasteiger partial charge on any atom is -0.375 e. The smallest absolute Gasteiger partial charge is 0.119 e. The van der Waals surface area contributed by atoms with Crippen LogP contribution in [0.4, 0.5) is 0 Å². The fourth-order valence-electron chi connectivity index (χ4n) is 2.01. The highest BCUT2D eigenvalue weighted by Crippen LogP contribution is 2.25. The van der Waals surface area contributed by atoms with Crippen LogP contribution in [0.3, 0.4) is 0 Å². The summed E-state index contributed by atoms with van der Waals surface area (Å²) in [5.74, 6) is 0.327. The molecule has 1 unspecified atom stereocenters. The van der Waals surface area contributed by atoms with Crippen LogP contribution in [-0.4, -0.2) is 28.1 Å². The number of aromatic nitrogens is 3. The number of thiophene rings is 1. The highest BCUT2D eigenvalue weighted by molar-refractivity contribution is 7.08. The van der Waals surface area contributed by atoms with Crippen LogP contribution in [-0.2, 0) is 17.9 Å². The van der Waals surface area contributed by atoms with Gasteiger partial charge in [0.2, 0.25) is 0 Å². The van der Waals surface area contributed by atoms with Gasteiger partial charge < -0.3 is 10.5 Å². The van der Waals surface area contributed by atoms with Gasteiger partial charge in [-0.05, 0) is 18.0 Å². The molecule has 1 atom stereocenters. The summed E-state index contributed by atoms with van der Waals surface area (Å²) in [4.78, 5) is 0. The molecule has 0 aliphatic carbocycles. The molecule has 0 aromatic carbocycles. The molecule has 0 saturated heterocycles. The standard InChI is InChI=1S/C11H14N4OS/c12-3-8-4-15-10(6-16-5-8)11(13-14-15)9-1-2-17-7-9/h1-2,7-8H,3-6,12H2. The zero-order valence-electron chi connectivity index (χ0n) is 9.37. The third-order valence-electron chi connectivity index (χ3n) is 2.99. The number of hydrogen-bond donors (Lipinski definition) is 1. The van der Waals surface area contributed by atoms with Crippen molar-refractivity contribution >= 4 is 11.3 Å². The fourth-order valence-corrected chi connectivity index (χ4v) is 2.65. The van der Waals surface area contributed by atoms with E-state index in [0.29, 0.717) is 25.7 Å². The monoisotopic (exact) mass is 250 g/mol. The second kappa shape index (κ2) is 4.56. The van der Waals surface area contributed by atoms with E-state index in [-0.39, 0.29) is 0 Å². The number of fused-ring (bicyclic) bond motifs is 1. The lowest BCUT2D eigenvalue weighted by Crippen LogP contribution is -2.23. The predicted octanol–water partition coefficient (Wildman–Crippen LogP) is 1.11. The minimum atomic E-state index is 0.327. The van der Waals surface area contributed by atoms with Crippen molar-refractivity contribution < 1.29 is 4.74 Å². The molecule has 0 fully saturated rings. The summed E-state index contributed by atoms with van der Waals surface area (Å²) in [7, 11) is 0. The average molecular weight is 250 g/mol. The molecule has 1 aliphatic heterocycles. The van der Waals surface area contributed by atoms with Crippen molar-refractivity contribution in [2.24, 2.45) is 11.7 Å².